The molecule has 0 bridgehead atoms. The summed E-state index contributed by atoms with van der Waals surface area (Å²) in [7, 11) is 1.73. The van der Waals surface area contributed by atoms with Crippen LogP contribution < -0.4 is 15.4 Å². The van der Waals surface area contributed by atoms with E-state index in [1.54, 1.807) is 25.2 Å². The highest BCUT2D eigenvalue weighted by molar-refractivity contribution is 5.80. The van der Waals surface area contributed by atoms with Crippen LogP contribution in [0.2, 0.25) is 0 Å². The number of hydrogen-bond acceptors (Lipinski definition) is 4. The minimum Gasteiger partial charge on any atom is -0.486 e. The van der Waals surface area contributed by atoms with Crippen molar-refractivity contribution in [3.05, 3.63) is 41.7 Å². The van der Waals surface area contributed by atoms with E-state index in [-0.39, 0.29) is 23.7 Å². The summed E-state index contributed by atoms with van der Waals surface area (Å²) in [5, 5.41) is 11.2. The van der Waals surface area contributed by atoms with E-state index in [9.17, 15) is 4.39 Å². The topological polar surface area (TPSA) is 76.4 Å². The van der Waals surface area contributed by atoms with E-state index in [1.807, 2.05) is 11.6 Å². The number of guanidine groups is 1. The van der Waals surface area contributed by atoms with Crippen LogP contribution in [0.15, 0.2) is 29.3 Å². The number of aryl methyl sites for hydroxylation is 2. The molecule has 0 saturated heterocycles. The molecule has 27 heavy (non-hydrogen) atoms. The van der Waals surface area contributed by atoms with Gasteiger partial charge in [-0.25, -0.2) is 14.1 Å². The largest absolute Gasteiger partial charge is 0.486 e. The molecule has 0 amide bonds. The predicted molar refractivity (Wildman–Crippen MR) is 102 cm³/mol. The van der Waals surface area contributed by atoms with Crippen molar-refractivity contribution in [3.8, 4) is 5.75 Å². The Balaban J connectivity index is 1.49. The lowest BCUT2D eigenvalue weighted by molar-refractivity contribution is 0.213. The van der Waals surface area contributed by atoms with Crippen LogP contribution in [0.4, 0.5) is 4.39 Å². The third-order valence-electron chi connectivity index (χ3n) is 4.50. The van der Waals surface area contributed by atoms with Gasteiger partial charge < -0.3 is 15.4 Å². The van der Waals surface area contributed by atoms with Crippen LogP contribution >= 0.6 is 0 Å². The van der Waals surface area contributed by atoms with E-state index in [0.29, 0.717) is 12.5 Å². The zero-order valence-electron chi connectivity index (χ0n) is 16.1. The number of nitrogens with zero attached hydrogens (tertiary/aromatic N) is 4. The van der Waals surface area contributed by atoms with Crippen LogP contribution in [0.1, 0.15) is 31.9 Å². The zero-order valence-corrected chi connectivity index (χ0v) is 16.1. The minimum atomic E-state index is -0.357. The highest BCUT2D eigenvalue weighted by Crippen LogP contribution is 2.17. The second kappa shape index (κ2) is 8.83. The van der Waals surface area contributed by atoms with E-state index >= 15 is 0 Å². The smallest absolute Gasteiger partial charge is 0.191 e. The van der Waals surface area contributed by atoms with Gasteiger partial charge in [0.15, 0.2) is 23.4 Å². The Morgan fingerprint density at radius 3 is 3.00 bits per heavy atom. The number of fused-ring (bicyclic) bond motifs is 1. The normalized spacial score (nSPS) is 17.9. The van der Waals surface area contributed by atoms with Gasteiger partial charge in [0.1, 0.15) is 11.9 Å². The molecular weight excluding hydrogens is 347 g/mol. The average Bonchev–Trinajstić information content (AvgIpc) is 3.09. The van der Waals surface area contributed by atoms with Crippen LogP contribution in [0, 0.1) is 5.82 Å². The summed E-state index contributed by atoms with van der Waals surface area (Å²) in [4.78, 5) is 8.82. The molecular formula is C19H27FN6O. The summed E-state index contributed by atoms with van der Waals surface area (Å²) in [5.41, 5.74) is 0. The van der Waals surface area contributed by atoms with Gasteiger partial charge in [-0.3, -0.25) is 4.99 Å². The van der Waals surface area contributed by atoms with Crippen LogP contribution in [0.3, 0.4) is 0 Å². The molecule has 2 heterocycles. The minimum absolute atomic E-state index is 0.208. The van der Waals surface area contributed by atoms with E-state index in [4.69, 9.17) is 4.74 Å². The van der Waals surface area contributed by atoms with E-state index in [1.165, 1.54) is 6.07 Å². The number of para-hydroxylation sites is 1. The number of ether oxygens (including phenoxy) is 1. The Morgan fingerprint density at radius 1 is 1.44 bits per heavy atom. The monoisotopic (exact) mass is 374 g/mol. The summed E-state index contributed by atoms with van der Waals surface area (Å²) in [6.07, 6.45) is 2.51. The first-order chi connectivity index (χ1) is 13.1. The summed E-state index contributed by atoms with van der Waals surface area (Å²) in [6, 6.07) is 6.65. The van der Waals surface area contributed by atoms with Crippen molar-refractivity contribution in [2.75, 3.05) is 13.6 Å². The second-order valence-electron chi connectivity index (χ2n) is 6.67. The van der Waals surface area contributed by atoms with E-state index < -0.39 is 0 Å². The van der Waals surface area contributed by atoms with E-state index in [2.05, 4.69) is 32.6 Å². The maximum Gasteiger partial charge on any atom is 0.191 e. The molecule has 0 aliphatic carbocycles. The van der Waals surface area contributed by atoms with Crippen LogP contribution in [0.25, 0.3) is 0 Å². The van der Waals surface area contributed by atoms with Gasteiger partial charge >= 0.3 is 0 Å². The molecule has 0 radical (unpaired) electrons. The van der Waals surface area contributed by atoms with Crippen LogP contribution in [-0.4, -0.2) is 46.5 Å². The molecule has 2 aromatic rings. The SMILES string of the molecule is CCc1nc2n(n1)CC(NC(=NC)NCC(C)Oc1ccccc1F)CC2. The molecule has 8 heteroatoms. The molecule has 2 atom stereocenters. The fourth-order valence-electron chi connectivity index (χ4n) is 3.06. The maximum absolute atomic E-state index is 13.7. The van der Waals surface area contributed by atoms with Gasteiger partial charge in [-0.05, 0) is 25.5 Å². The fourth-order valence-corrected chi connectivity index (χ4v) is 3.06. The number of aliphatic imine (C=N–C) groups is 1. The zero-order chi connectivity index (χ0) is 19.2. The van der Waals surface area contributed by atoms with Crippen molar-refractivity contribution < 1.29 is 9.13 Å². The van der Waals surface area contributed by atoms with Crippen molar-refractivity contribution >= 4 is 5.96 Å². The predicted octanol–water partition coefficient (Wildman–Crippen LogP) is 1.93. The van der Waals surface area contributed by atoms with Gasteiger partial charge in [-0.15, -0.1) is 0 Å². The summed E-state index contributed by atoms with van der Waals surface area (Å²) >= 11 is 0. The second-order valence-corrected chi connectivity index (χ2v) is 6.67. The molecule has 3 rings (SSSR count). The van der Waals surface area contributed by atoms with Gasteiger partial charge in [0.25, 0.3) is 0 Å². The Hall–Kier alpha value is -2.64. The van der Waals surface area contributed by atoms with Crippen molar-refractivity contribution in [1.82, 2.24) is 25.4 Å². The molecule has 2 N–H and O–H groups in total. The lowest BCUT2D eigenvalue weighted by atomic mass is 10.1. The maximum atomic E-state index is 13.7. The number of rotatable bonds is 6. The molecule has 1 aromatic carbocycles. The molecule has 1 aromatic heterocycles. The number of hydrogen-bond donors (Lipinski definition) is 2. The number of aromatic nitrogens is 3. The molecule has 1 aliphatic rings. The van der Waals surface area contributed by atoms with E-state index in [0.717, 1.165) is 37.5 Å². The molecule has 1 aliphatic heterocycles. The third-order valence-corrected chi connectivity index (χ3v) is 4.50. The molecule has 0 fully saturated rings. The van der Waals surface area contributed by atoms with Gasteiger partial charge in [-0.1, -0.05) is 19.1 Å². The first-order valence-corrected chi connectivity index (χ1v) is 9.40. The first kappa shape index (κ1) is 19.1. The quantitative estimate of drug-likeness (QED) is 0.597. The Bertz CT molecular complexity index is 790. The Kier molecular flexibility index (Phi) is 6.26. The molecule has 0 saturated carbocycles. The van der Waals surface area contributed by atoms with Crippen molar-refractivity contribution in [3.63, 3.8) is 0 Å². The van der Waals surface area contributed by atoms with Gasteiger partial charge in [-0.2, -0.15) is 5.10 Å². The summed E-state index contributed by atoms with van der Waals surface area (Å²) < 4.78 is 21.3. The highest BCUT2D eigenvalue weighted by atomic mass is 19.1. The lowest BCUT2D eigenvalue weighted by Crippen LogP contribution is -2.48. The van der Waals surface area contributed by atoms with Gasteiger partial charge in [0.05, 0.1) is 13.1 Å². The van der Waals surface area contributed by atoms with Crippen molar-refractivity contribution in [2.24, 2.45) is 4.99 Å². The number of benzene rings is 1. The Morgan fingerprint density at radius 2 is 2.26 bits per heavy atom. The Labute approximate surface area is 159 Å². The number of halogens is 1. The number of nitrogens with one attached hydrogen (secondary N) is 2. The fraction of sp³-hybridized carbons (Fsp3) is 0.526. The molecule has 7 nitrogen and oxygen atoms in total. The lowest BCUT2D eigenvalue weighted by Gasteiger charge is -2.26. The van der Waals surface area contributed by atoms with Crippen molar-refractivity contribution in [2.45, 2.75) is 51.8 Å². The first-order valence-electron chi connectivity index (χ1n) is 9.40. The van der Waals surface area contributed by atoms with Gasteiger partial charge in [0.2, 0.25) is 0 Å². The summed E-state index contributed by atoms with van der Waals surface area (Å²) in [6.45, 7) is 5.23. The van der Waals surface area contributed by atoms with Gasteiger partial charge in [0, 0.05) is 25.9 Å². The molecule has 0 spiro atoms. The van der Waals surface area contributed by atoms with Crippen LogP contribution in [-0.2, 0) is 19.4 Å². The highest BCUT2D eigenvalue weighted by Gasteiger charge is 2.22. The summed E-state index contributed by atoms with van der Waals surface area (Å²) in [5.74, 6) is 2.55. The third kappa shape index (κ3) is 4.96. The molecule has 146 valence electrons. The molecule has 2 unspecified atom stereocenters. The van der Waals surface area contributed by atoms with Crippen LogP contribution in [0.5, 0.6) is 5.75 Å². The average molecular weight is 374 g/mol. The van der Waals surface area contributed by atoms with Crippen molar-refractivity contribution in [1.29, 1.82) is 0 Å². The standard InChI is InChI=1S/C19H27FN6O/c1-4-17-24-18-10-9-14(12-26(18)25-17)23-19(21-3)22-11-13(2)27-16-8-6-5-7-15(16)20/h5-8,13-14H,4,9-12H2,1-3H3,(H2,21,22,23).